The number of carbonyl (C=O) groups excluding carboxylic acids is 1. The van der Waals surface area contributed by atoms with Crippen molar-refractivity contribution in [2.75, 3.05) is 20.3 Å². The number of esters is 1. The van der Waals surface area contributed by atoms with Gasteiger partial charge < -0.3 is 24.3 Å². The van der Waals surface area contributed by atoms with Gasteiger partial charge in [-0.3, -0.25) is 14.9 Å². The second kappa shape index (κ2) is 9.68. The normalized spacial score (nSPS) is 10.7. The molecule has 0 aliphatic rings. The molecule has 0 amide bonds. The predicted octanol–water partition coefficient (Wildman–Crippen LogP) is 2.27. The summed E-state index contributed by atoms with van der Waals surface area (Å²) in [5.41, 5.74) is -1.52. The molecule has 0 saturated heterocycles. The standard InChI is InChI=1S/C17H16BrN3O8/c1-3-28-11-7-9(6-10(18)15(11)29-8-13(22)27-2)4-5-12-19-16(23)14(21(25)26)17(24)20-12/h4-7H,3,8H2,1-2H3,(H2,19,20,23,24)/b5-4+. The number of rotatable bonds is 8. The summed E-state index contributed by atoms with van der Waals surface area (Å²) in [6.07, 6.45) is 2.87. The lowest BCUT2D eigenvalue weighted by Crippen LogP contribution is -2.14. The van der Waals surface area contributed by atoms with E-state index in [0.717, 1.165) is 0 Å². The molecular formula is C17H16BrN3O8. The van der Waals surface area contributed by atoms with Crippen LogP contribution in [-0.2, 0) is 9.53 Å². The van der Waals surface area contributed by atoms with Crippen molar-refractivity contribution in [3.8, 4) is 17.4 Å². The van der Waals surface area contributed by atoms with Crippen molar-refractivity contribution in [3.05, 3.63) is 48.5 Å². The third-order valence-corrected chi connectivity index (χ3v) is 3.99. The lowest BCUT2D eigenvalue weighted by molar-refractivity contribution is -0.387. The maximum atomic E-state index is 11.7. The van der Waals surface area contributed by atoms with Crippen molar-refractivity contribution < 1.29 is 29.0 Å². The molecule has 1 aromatic heterocycles. The highest BCUT2D eigenvalue weighted by atomic mass is 79.9. The van der Waals surface area contributed by atoms with Gasteiger partial charge in [-0.2, -0.15) is 4.98 Å². The summed E-state index contributed by atoms with van der Waals surface area (Å²) in [5, 5.41) is 20.3. The summed E-state index contributed by atoms with van der Waals surface area (Å²) in [6, 6.07) is 3.26. The van der Waals surface area contributed by atoms with Crippen molar-refractivity contribution in [2.24, 2.45) is 0 Å². The van der Waals surface area contributed by atoms with Crippen LogP contribution in [0.15, 0.2) is 21.4 Å². The van der Waals surface area contributed by atoms with Gasteiger partial charge in [-0.1, -0.05) is 6.08 Å². The van der Waals surface area contributed by atoms with Crippen LogP contribution in [0.4, 0.5) is 5.69 Å². The molecule has 154 valence electrons. The highest BCUT2D eigenvalue weighted by Crippen LogP contribution is 2.37. The van der Waals surface area contributed by atoms with Crippen LogP contribution in [0.3, 0.4) is 0 Å². The number of aromatic hydroxyl groups is 1. The Bertz CT molecular complexity index is 1020. The Kier molecular flexibility index (Phi) is 7.31. The smallest absolute Gasteiger partial charge is 0.395 e. The monoisotopic (exact) mass is 469 g/mol. The topological polar surface area (TPSA) is 154 Å². The first-order valence-corrected chi connectivity index (χ1v) is 8.87. The molecule has 0 saturated carbocycles. The molecular weight excluding hydrogens is 454 g/mol. The average Bonchev–Trinajstić information content (AvgIpc) is 2.64. The first kappa shape index (κ1) is 21.9. The van der Waals surface area contributed by atoms with Crippen LogP contribution in [0.1, 0.15) is 18.3 Å². The summed E-state index contributed by atoms with van der Waals surface area (Å²) in [5.74, 6) is -0.983. The zero-order valence-electron chi connectivity index (χ0n) is 15.3. The summed E-state index contributed by atoms with van der Waals surface area (Å²) in [7, 11) is 1.24. The number of aromatic amines is 1. The molecule has 0 radical (unpaired) electrons. The van der Waals surface area contributed by atoms with E-state index in [2.05, 4.69) is 30.6 Å². The first-order valence-electron chi connectivity index (χ1n) is 8.08. The van der Waals surface area contributed by atoms with E-state index >= 15 is 0 Å². The maximum Gasteiger partial charge on any atom is 0.395 e. The Labute approximate surface area is 172 Å². The van der Waals surface area contributed by atoms with Gasteiger partial charge in [-0.05, 0) is 46.6 Å². The van der Waals surface area contributed by atoms with Crippen LogP contribution in [-0.4, -0.2) is 46.3 Å². The quantitative estimate of drug-likeness (QED) is 0.336. The number of hydrogen-bond donors (Lipinski definition) is 2. The molecule has 1 aromatic carbocycles. The van der Waals surface area contributed by atoms with Gasteiger partial charge >= 0.3 is 17.2 Å². The van der Waals surface area contributed by atoms with Crippen LogP contribution in [0, 0.1) is 10.1 Å². The number of methoxy groups -OCH3 is 1. The molecule has 0 unspecified atom stereocenters. The first-order chi connectivity index (χ1) is 13.8. The average molecular weight is 470 g/mol. The minimum Gasteiger partial charge on any atom is -0.490 e. The predicted molar refractivity (Wildman–Crippen MR) is 105 cm³/mol. The number of nitro groups is 1. The van der Waals surface area contributed by atoms with E-state index in [-0.39, 0.29) is 12.4 Å². The molecule has 2 N–H and O–H groups in total. The second-order valence-electron chi connectivity index (χ2n) is 5.34. The fourth-order valence-electron chi connectivity index (χ4n) is 2.17. The van der Waals surface area contributed by atoms with Crippen molar-refractivity contribution >= 4 is 39.7 Å². The van der Waals surface area contributed by atoms with Gasteiger partial charge in [0.1, 0.15) is 5.82 Å². The molecule has 11 nitrogen and oxygen atoms in total. The van der Waals surface area contributed by atoms with E-state index in [1.807, 2.05) is 0 Å². The Morgan fingerprint density at radius 3 is 2.69 bits per heavy atom. The molecule has 2 aromatic rings. The molecule has 29 heavy (non-hydrogen) atoms. The number of H-pyrrole nitrogens is 1. The molecule has 0 atom stereocenters. The SMILES string of the molecule is CCOc1cc(/C=C/c2nc(O)c([N+](=O)[O-])c(=O)[nH]2)cc(Br)c1OCC(=O)OC. The van der Waals surface area contributed by atoms with Gasteiger partial charge in [-0.25, -0.2) is 4.79 Å². The van der Waals surface area contributed by atoms with Crippen LogP contribution < -0.4 is 15.0 Å². The van der Waals surface area contributed by atoms with Gasteiger partial charge in [0, 0.05) is 0 Å². The zero-order chi connectivity index (χ0) is 21.6. The number of carbonyl (C=O) groups is 1. The van der Waals surface area contributed by atoms with Crippen LogP contribution >= 0.6 is 15.9 Å². The van der Waals surface area contributed by atoms with Gasteiger partial charge in [0.15, 0.2) is 18.1 Å². The molecule has 0 fully saturated rings. The fraction of sp³-hybridized carbons (Fsp3) is 0.235. The van der Waals surface area contributed by atoms with E-state index in [4.69, 9.17) is 9.47 Å². The van der Waals surface area contributed by atoms with Gasteiger partial charge in [0.2, 0.25) is 0 Å². The molecule has 2 rings (SSSR count). The molecule has 0 aliphatic carbocycles. The van der Waals surface area contributed by atoms with Crippen molar-refractivity contribution in [1.29, 1.82) is 0 Å². The Hall–Kier alpha value is -3.41. The summed E-state index contributed by atoms with van der Waals surface area (Å²) < 4.78 is 16.0. The Morgan fingerprint density at radius 2 is 2.10 bits per heavy atom. The van der Waals surface area contributed by atoms with E-state index in [0.29, 0.717) is 28.1 Å². The summed E-state index contributed by atoms with van der Waals surface area (Å²) in [4.78, 5) is 38.5. The summed E-state index contributed by atoms with van der Waals surface area (Å²) >= 11 is 3.34. The van der Waals surface area contributed by atoms with Crippen molar-refractivity contribution in [2.45, 2.75) is 6.92 Å². The molecule has 0 spiro atoms. The zero-order valence-corrected chi connectivity index (χ0v) is 16.9. The highest BCUT2D eigenvalue weighted by Gasteiger charge is 2.21. The fourth-order valence-corrected chi connectivity index (χ4v) is 2.74. The second-order valence-corrected chi connectivity index (χ2v) is 6.20. The molecule has 1 heterocycles. The minimum absolute atomic E-state index is 0.0850. The van der Waals surface area contributed by atoms with Gasteiger partial charge in [0.05, 0.1) is 23.1 Å². The molecule has 12 heteroatoms. The van der Waals surface area contributed by atoms with Gasteiger partial charge in [-0.15, -0.1) is 0 Å². The Morgan fingerprint density at radius 1 is 1.38 bits per heavy atom. The van der Waals surface area contributed by atoms with Crippen LogP contribution in [0.2, 0.25) is 0 Å². The highest BCUT2D eigenvalue weighted by molar-refractivity contribution is 9.10. The van der Waals surface area contributed by atoms with E-state index in [9.17, 15) is 24.8 Å². The van der Waals surface area contributed by atoms with Crippen LogP contribution in [0.5, 0.6) is 17.4 Å². The largest absolute Gasteiger partial charge is 0.490 e. The Balaban J connectivity index is 2.34. The number of nitrogens with zero attached hydrogens (tertiary/aromatic N) is 2. The summed E-state index contributed by atoms with van der Waals surface area (Å²) in [6.45, 7) is 1.80. The number of benzene rings is 1. The van der Waals surface area contributed by atoms with Crippen LogP contribution in [0.25, 0.3) is 12.2 Å². The third-order valence-electron chi connectivity index (χ3n) is 3.40. The number of aromatic nitrogens is 2. The third kappa shape index (κ3) is 5.54. The molecule has 0 bridgehead atoms. The number of halogens is 1. The van der Waals surface area contributed by atoms with E-state index in [1.54, 1.807) is 19.1 Å². The number of nitrogens with one attached hydrogen (secondary N) is 1. The minimum atomic E-state index is -1.08. The maximum absolute atomic E-state index is 11.7. The number of hydrogen-bond acceptors (Lipinski definition) is 9. The lowest BCUT2D eigenvalue weighted by atomic mass is 10.2. The molecule has 0 aliphatic heterocycles. The van der Waals surface area contributed by atoms with Crippen molar-refractivity contribution in [3.63, 3.8) is 0 Å². The van der Waals surface area contributed by atoms with E-state index in [1.165, 1.54) is 19.3 Å². The number of ether oxygens (including phenoxy) is 3. The van der Waals surface area contributed by atoms with Crippen molar-refractivity contribution in [1.82, 2.24) is 9.97 Å². The van der Waals surface area contributed by atoms with E-state index < -0.39 is 28.0 Å². The lowest BCUT2D eigenvalue weighted by Gasteiger charge is -2.14. The van der Waals surface area contributed by atoms with Gasteiger partial charge in [0.25, 0.3) is 5.88 Å².